The minimum absolute atomic E-state index is 0.299. The van der Waals surface area contributed by atoms with Gasteiger partial charge in [0.05, 0.1) is 0 Å². The number of nitrogens with zero attached hydrogens (tertiary/aromatic N) is 3. The van der Waals surface area contributed by atoms with Gasteiger partial charge >= 0.3 is 0 Å². The third kappa shape index (κ3) is 1.06. The molecule has 2 aromatic heterocycles. The molecule has 2 N–H and O–H groups in total. The number of nitrogen functional groups attached to an aromatic ring is 1. The predicted molar refractivity (Wildman–Crippen MR) is 49.8 cm³/mol. The number of aromatic nitrogens is 3. The van der Waals surface area contributed by atoms with Gasteiger partial charge in [0.1, 0.15) is 0 Å². The lowest BCUT2D eigenvalue weighted by Gasteiger charge is -1.96. The molecule has 12 heavy (non-hydrogen) atoms. The van der Waals surface area contributed by atoms with Crippen molar-refractivity contribution in [3.05, 3.63) is 22.3 Å². The number of anilines is 1. The van der Waals surface area contributed by atoms with Crippen LogP contribution in [0.15, 0.2) is 16.7 Å². The number of hydrogen-bond donors (Lipinski definition) is 1. The molecule has 2 rings (SSSR count). The van der Waals surface area contributed by atoms with Gasteiger partial charge in [0.2, 0.25) is 5.95 Å². The van der Waals surface area contributed by atoms with Crippen molar-refractivity contribution in [1.29, 1.82) is 0 Å². The first-order valence-electron chi connectivity index (χ1n) is 3.45. The van der Waals surface area contributed by atoms with Crippen LogP contribution < -0.4 is 5.73 Å². The van der Waals surface area contributed by atoms with E-state index in [-0.39, 0.29) is 0 Å². The fraction of sp³-hybridized carbons (Fsp3) is 0.143. The maximum atomic E-state index is 5.43. The van der Waals surface area contributed by atoms with Crippen LogP contribution in [0.2, 0.25) is 0 Å². The zero-order valence-corrected chi connectivity index (χ0v) is 8.04. The number of rotatable bonds is 0. The van der Waals surface area contributed by atoms with E-state index < -0.39 is 0 Å². The Kier molecular flexibility index (Phi) is 1.54. The first kappa shape index (κ1) is 7.54. The molecule has 0 spiro atoms. The molecule has 4 nitrogen and oxygen atoms in total. The second-order valence-electron chi connectivity index (χ2n) is 2.58. The number of nitrogens with two attached hydrogens (primary N) is 1. The van der Waals surface area contributed by atoms with Gasteiger partial charge in [-0.25, -0.2) is 4.52 Å². The van der Waals surface area contributed by atoms with Crippen molar-refractivity contribution in [2.45, 2.75) is 6.92 Å². The molecule has 62 valence electrons. The highest BCUT2D eigenvalue weighted by Gasteiger charge is 2.02. The highest BCUT2D eigenvalue weighted by Crippen LogP contribution is 2.16. The fourth-order valence-corrected chi connectivity index (χ4v) is 1.33. The Morgan fingerprint density at radius 3 is 3.08 bits per heavy atom. The van der Waals surface area contributed by atoms with Crippen molar-refractivity contribution in [3.63, 3.8) is 0 Å². The topological polar surface area (TPSA) is 56.2 Å². The quantitative estimate of drug-likeness (QED) is 0.739. The lowest BCUT2D eigenvalue weighted by molar-refractivity contribution is 0.958. The Labute approximate surface area is 77.5 Å². The third-order valence-corrected chi connectivity index (χ3v) is 2.46. The Bertz CT molecular complexity index is 395. The Morgan fingerprint density at radius 2 is 2.33 bits per heavy atom. The van der Waals surface area contributed by atoms with E-state index in [4.69, 9.17) is 5.73 Å². The minimum atomic E-state index is 0.299. The fourth-order valence-electron chi connectivity index (χ4n) is 1.02. The summed E-state index contributed by atoms with van der Waals surface area (Å²) in [6.07, 6.45) is 1.84. The molecule has 2 aromatic rings. The summed E-state index contributed by atoms with van der Waals surface area (Å²) in [4.78, 5) is 4.02. The molecular weight excluding hydrogens is 220 g/mol. The molecule has 0 atom stereocenters. The Balaban J connectivity index is 2.83. The van der Waals surface area contributed by atoms with E-state index in [1.54, 1.807) is 4.52 Å². The summed E-state index contributed by atoms with van der Waals surface area (Å²) in [6.45, 7) is 1.99. The van der Waals surface area contributed by atoms with Crippen LogP contribution in [-0.4, -0.2) is 14.6 Å². The van der Waals surface area contributed by atoms with Gasteiger partial charge in [0, 0.05) is 10.7 Å². The van der Waals surface area contributed by atoms with Crippen molar-refractivity contribution in [1.82, 2.24) is 14.6 Å². The van der Waals surface area contributed by atoms with E-state index in [1.165, 1.54) is 0 Å². The second-order valence-corrected chi connectivity index (χ2v) is 3.43. The number of fused-ring (bicyclic) bond motifs is 1. The van der Waals surface area contributed by atoms with Crippen molar-refractivity contribution in [3.8, 4) is 0 Å². The van der Waals surface area contributed by atoms with Crippen molar-refractivity contribution >= 4 is 27.5 Å². The zero-order valence-electron chi connectivity index (χ0n) is 6.45. The summed E-state index contributed by atoms with van der Waals surface area (Å²) in [5.74, 6) is 0.299. The molecule has 2 heterocycles. The van der Waals surface area contributed by atoms with Gasteiger partial charge in [0.15, 0.2) is 5.65 Å². The molecule has 0 fully saturated rings. The van der Waals surface area contributed by atoms with Crippen LogP contribution in [0, 0.1) is 6.92 Å². The SMILES string of the molecule is Cc1cc2nc(N)nn2cc1Br. The second kappa shape index (κ2) is 2.45. The smallest absolute Gasteiger partial charge is 0.240 e. The summed E-state index contributed by atoms with van der Waals surface area (Å²) < 4.78 is 2.65. The maximum absolute atomic E-state index is 5.43. The van der Waals surface area contributed by atoms with E-state index >= 15 is 0 Å². The standard InChI is InChI=1S/C7H7BrN4/c1-4-2-6-10-7(9)11-12(6)3-5(4)8/h2-3H,1H3,(H2,9,11). The molecule has 0 aliphatic rings. The third-order valence-electron chi connectivity index (χ3n) is 1.63. The molecule has 0 aliphatic carbocycles. The zero-order chi connectivity index (χ0) is 8.72. The van der Waals surface area contributed by atoms with Gasteiger partial charge in [-0.2, -0.15) is 4.98 Å². The van der Waals surface area contributed by atoms with Crippen molar-refractivity contribution < 1.29 is 0 Å². The molecule has 0 unspecified atom stereocenters. The highest BCUT2D eigenvalue weighted by molar-refractivity contribution is 9.10. The van der Waals surface area contributed by atoms with Crippen LogP contribution in [0.3, 0.4) is 0 Å². The largest absolute Gasteiger partial charge is 0.366 e. The Hall–Kier alpha value is -1.10. The van der Waals surface area contributed by atoms with E-state index in [0.29, 0.717) is 5.95 Å². The Morgan fingerprint density at radius 1 is 1.58 bits per heavy atom. The molecule has 0 aliphatic heterocycles. The molecule has 0 amide bonds. The number of pyridine rings is 1. The first-order valence-corrected chi connectivity index (χ1v) is 4.24. The molecular formula is C7H7BrN4. The summed E-state index contributed by atoms with van der Waals surface area (Å²) in [7, 11) is 0. The van der Waals surface area contributed by atoms with E-state index in [0.717, 1.165) is 15.7 Å². The van der Waals surface area contributed by atoms with E-state index in [2.05, 4.69) is 26.0 Å². The van der Waals surface area contributed by atoms with Crippen LogP contribution in [0.4, 0.5) is 5.95 Å². The lowest BCUT2D eigenvalue weighted by Crippen LogP contribution is -1.90. The van der Waals surface area contributed by atoms with Crippen LogP contribution in [-0.2, 0) is 0 Å². The number of halogens is 1. The summed E-state index contributed by atoms with van der Waals surface area (Å²) in [5, 5.41) is 3.97. The highest BCUT2D eigenvalue weighted by atomic mass is 79.9. The molecule has 5 heteroatoms. The van der Waals surface area contributed by atoms with Crippen LogP contribution >= 0.6 is 15.9 Å². The molecule has 0 aromatic carbocycles. The molecule has 0 bridgehead atoms. The van der Waals surface area contributed by atoms with Gasteiger partial charge in [-0.3, -0.25) is 0 Å². The average molecular weight is 227 g/mol. The summed E-state index contributed by atoms with van der Waals surface area (Å²) in [5.41, 5.74) is 7.32. The molecule has 0 radical (unpaired) electrons. The number of hydrogen-bond acceptors (Lipinski definition) is 3. The monoisotopic (exact) mass is 226 g/mol. The van der Waals surface area contributed by atoms with Gasteiger partial charge in [0.25, 0.3) is 0 Å². The van der Waals surface area contributed by atoms with Crippen molar-refractivity contribution in [2.24, 2.45) is 0 Å². The minimum Gasteiger partial charge on any atom is -0.366 e. The normalized spacial score (nSPS) is 10.8. The van der Waals surface area contributed by atoms with Crippen LogP contribution in [0.25, 0.3) is 5.65 Å². The van der Waals surface area contributed by atoms with Gasteiger partial charge in [-0.05, 0) is 34.5 Å². The average Bonchev–Trinajstić information content (AvgIpc) is 2.30. The van der Waals surface area contributed by atoms with E-state index in [1.807, 2.05) is 19.2 Å². The van der Waals surface area contributed by atoms with E-state index in [9.17, 15) is 0 Å². The van der Waals surface area contributed by atoms with Gasteiger partial charge in [-0.15, -0.1) is 5.10 Å². The predicted octanol–water partition coefficient (Wildman–Crippen LogP) is 1.38. The molecule has 0 saturated carbocycles. The van der Waals surface area contributed by atoms with Gasteiger partial charge in [-0.1, -0.05) is 0 Å². The van der Waals surface area contributed by atoms with Crippen LogP contribution in [0.5, 0.6) is 0 Å². The maximum Gasteiger partial charge on any atom is 0.240 e. The van der Waals surface area contributed by atoms with Crippen LogP contribution in [0.1, 0.15) is 5.56 Å². The lowest BCUT2D eigenvalue weighted by atomic mass is 10.3. The first-order chi connectivity index (χ1) is 5.66. The molecule has 0 saturated heterocycles. The summed E-state index contributed by atoms with van der Waals surface area (Å²) in [6, 6.07) is 1.92. The number of aryl methyl sites for hydroxylation is 1. The summed E-state index contributed by atoms with van der Waals surface area (Å²) >= 11 is 3.40. The van der Waals surface area contributed by atoms with Crippen molar-refractivity contribution in [2.75, 3.05) is 5.73 Å². The van der Waals surface area contributed by atoms with Gasteiger partial charge < -0.3 is 5.73 Å².